The zero-order valence-electron chi connectivity index (χ0n) is 14.2. The van der Waals surface area contributed by atoms with Gasteiger partial charge in [-0.3, -0.25) is 0 Å². The molecule has 9 heteroatoms. The first-order chi connectivity index (χ1) is 12.4. The fourth-order valence-corrected chi connectivity index (χ4v) is 3.34. The molecule has 0 radical (unpaired) electrons. The van der Waals surface area contributed by atoms with E-state index >= 15 is 0 Å². The summed E-state index contributed by atoms with van der Waals surface area (Å²) in [6, 6.07) is 4.33. The minimum absolute atomic E-state index is 0.0730. The molecule has 2 heterocycles. The van der Waals surface area contributed by atoms with Crippen molar-refractivity contribution in [3.63, 3.8) is 0 Å². The number of benzene rings is 1. The number of imidazole rings is 1. The molecule has 8 nitrogen and oxygen atoms in total. The van der Waals surface area contributed by atoms with Gasteiger partial charge in [-0.1, -0.05) is 0 Å². The van der Waals surface area contributed by atoms with Crippen LogP contribution in [-0.2, 0) is 0 Å². The van der Waals surface area contributed by atoms with Gasteiger partial charge in [0.2, 0.25) is 0 Å². The molecule has 1 saturated carbocycles. The Bertz CT molecular complexity index is 967. The highest BCUT2D eigenvalue weighted by Gasteiger charge is 2.33. The van der Waals surface area contributed by atoms with Crippen LogP contribution in [0.3, 0.4) is 0 Å². The summed E-state index contributed by atoms with van der Waals surface area (Å²) in [5.74, 6) is 1.02. The maximum atomic E-state index is 13.8. The van der Waals surface area contributed by atoms with Crippen LogP contribution in [0.4, 0.5) is 21.7 Å². The molecule has 4 rings (SSSR count). The van der Waals surface area contributed by atoms with Crippen molar-refractivity contribution in [2.45, 2.75) is 38.0 Å². The van der Waals surface area contributed by atoms with E-state index in [1.54, 1.807) is 6.07 Å². The predicted octanol–water partition coefficient (Wildman–Crippen LogP) is 2.00. The topological polar surface area (TPSA) is 128 Å². The minimum Gasteiger partial charge on any atom is -0.393 e. The van der Waals surface area contributed by atoms with E-state index < -0.39 is 0 Å². The number of hydrogen-bond donors (Lipinski definition) is 4. The highest BCUT2D eigenvalue weighted by Crippen LogP contribution is 2.38. The molecule has 3 aromatic rings. The molecule has 6 N–H and O–H groups in total. The van der Waals surface area contributed by atoms with E-state index in [2.05, 4.69) is 20.3 Å². The molecule has 2 aromatic heterocycles. The van der Waals surface area contributed by atoms with Crippen molar-refractivity contribution in [3.8, 4) is 0 Å². The number of fused-ring (bicyclic) bond motifs is 1. The fraction of sp³-hybridized carbons (Fsp3) is 0.353. The van der Waals surface area contributed by atoms with Crippen molar-refractivity contribution >= 4 is 28.4 Å². The highest BCUT2D eigenvalue weighted by atomic mass is 19.1. The summed E-state index contributed by atoms with van der Waals surface area (Å²) in [6.07, 6.45) is 2.23. The van der Waals surface area contributed by atoms with Crippen LogP contribution in [0.1, 0.15) is 37.7 Å². The maximum Gasteiger partial charge on any atom is 0.155 e. The third kappa shape index (κ3) is 2.70. The van der Waals surface area contributed by atoms with Gasteiger partial charge in [-0.2, -0.15) is 0 Å². The number of anilines is 3. The van der Waals surface area contributed by atoms with Crippen LogP contribution in [-0.4, -0.2) is 30.7 Å². The van der Waals surface area contributed by atoms with E-state index in [4.69, 9.17) is 11.5 Å². The van der Waals surface area contributed by atoms with Crippen molar-refractivity contribution in [2.24, 2.45) is 0 Å². The van der Waals surface area contributed by atoms with Crippen molar-refractivity contribution in [1.29, 1.82) is 0 Å². The largest absolute Gasteiger partial charge is 0.393 e. The molecule has 1 aliphatic rings. The second-order valence-corrected chi connectivity index (χ2v) is 6.64. The van der Waals surface area contributed by atoms with Gasteiger partial charge in [0.1, 0.15) is 23.7 Å². The second-order valence-electron chi connectivity index (χ2n) is 6.64. The minimum atomic E-state index is -0.334. The summed E-state index contributed by atoms with van der Waals surface area (Å²) in [4.78, 5) is 12.6. The lowest BCUT2D eigenvalue weighted by molar-refractivity contribution is 0.0488. The van der Waals surface area contributed by atoms with Crippen molar-refractivity contribution in [2.75, 3.05) is 16.8 Å². The molecule has 0 saturated heterocycles. The number of nitrogens with one attached hydrogen (secondary N) is 1. The molecule has 0 amide bonds. The van der Waals surface area contributed by atoms with Crippen molar-refractivity contribution < 1.29 is 9.50 Å². The average Bonchev–Trinajstić information content (AvgIpc) is 2.94. The van der Waals surface area contributed by atoms with E-state index in [0.29, 0.717) is 29.7 Å². The number of halogens is 1. The quantitative estimate of drug-likeness (QED) is 0.562. The van der Waals surface area contributed by atoms with Crippen LogP contribution < -0.4 is 16.8 Å². The lowest BCUT2D eigenvalue weighted by Gasteiger charge is -2.35. The smallest absolute Gasteiger partial charge is 0.155 e. The van der Waals surface area contributed by atoms with Gasteiger partial charge in [0.05, 0.1) is 23.2 Å². The summed E-state index contributed by atoms with van der Waals surface area (Å²) in [7, 11) is 0. The Balaban J connectivity index is 1.75. The second kappa shape index (κ2) is 6.10. The van der Waals surface area contributed by atoms with Gasteiger partial charge < -0.3 is 26.5 Å². The maximum absolute atomic E-state index is 13.8. The molecule has 0 unspecified atom stereocenters. The summed E-state index contributed by atoms with van der Waals surface area (Å²) < 4.78 is 15.8. The molecular formula is C17H20FN7O. The molecule has 1 aromatic carbocycles. The number of rotatable bonds is 4. The normalized spacial score (nSPS) is 20.7. The molecule has 1 aliphatic carbocycles. The monoisotopic (exact) mass is 357 g/mol. The highest BCUT2D eigenvalue weighted by molar-refractivity contribution is 5.77. The van der Waals surface area contributed by atoms with E-state index in [0.717, 1.165) is 5.82 Å². The van der Waals surface area contributed by atoms with E-state index in [1.807, 2.05) is 11.5 Å². The lowest BCUT2D eigenvalue weighted by Crippen LogP contribution is -2.32. The SMILES string of the molecule is C[C@H](Nc1ncnc(N)c1N)c1nc2ccc(F)cc2n1[C@H]1C[C@@H](O)C1. The first-order valence-corrected chi connectivity index (χ1v) is 8.42. The van der Waals surface area contributed by atoms with Gasteiger partial charge in [0.15, 0.2) is 11.6 Å². The molecule has 0 bridgehead atoms. The molecule has 0 aliphatic heterocycles. The number of hydrogen-bond acceptors (Lipinski definition) is 7. The number of nitrogen functional groups attached to an aromatic ring is 2. The van der Waals surface area contributed by atoms with Crippen LogP contribution >= 0.6 is 0 Å². The van der Waals surface area contributed by atoms with Crippen LogP contribution in [0.5, 0.6) is 0 Å². The zero-order valence-corrected chi connectivity index (χ0v) is 14.2. The van der Waals surface area contributed by atoms with Crippen LogP contribution in [0.25, 0.3) is 11.0 Å². The van der Waals surface area contributed by atoms with Gasteiger partial charge in [-0.15, -0.1) is 0 Å². The van der Waals surface area contributed by atoms with Crippen molar-refractivity contribution in [3.05, 3.63) is 36.2 Å². The number of aliphatic hydroxyl groups is 1. The molecule has 0 spiro atoms. The number of nitrogens with two attached hydrogens (primary N) is 2. The summed E-state index contributed by atoms with van der Waals surface area (Å²) >= 11 is 0. The third-order valence-corrected chi connectivity index (χ3v) is 4.79. The first-order valence-electron chi connectivity index (χ1n) is 8.42. The Kier molecular flexibility index (Phi) is 3.87. The van der Waals surface area contributed by atoms with E-state index in [9.17, 15) is 9.50 Å². The van der Waals surface area contributed by atoms with E-state index in [1.165, 1.54) is 18.5 Å². The predicted molar refractivity (Wildman–Crippen MR) is 96.9 cm³/mol. The van der Waals surface area contributed by atoms with E-state index in [-0.39, 0.29) is 35.5 Å². The number of aromatic nitrogens is 4. The summed E-state index contributed by atoms with van der Waals surface area (Å²) in [5.41, 5.74) is 13.3. The summed E-state index contributed by atoms with van der Waals surface area (Å²) in [6.45, 7) is 1.92. The van der Waals surface area contributed by atoms with Gasteiger partial charge in [-0.25, -0.2) is 19.3 Å². The first kappa shape index (κ1) is 16.5. The van der Waals surface area contributed by atoms with Crippen LogP contribution in [0, 0.1) is 5.82 Å². The average molecular weight is 357 g/mol. The van der Waals surface area contributed by atoms with Crippen LogP contribution in [0.2, 0.25) is 0 Å². The Morgan fingerprint density at radius 2 is 2.08 bits per heavy atom. The number of aliphatic hydroxyl groups excluding tert-OH is 1. The third-order valence-electron chi connectivity index (χ3n) is 4.79. The van der Waals surface area contributed by atoms with Gasteiger partial charge in [0, 0.05) is 6.04 Å². The molecular weight excluding hydrogens is 337 g/mol. The fourth-order valence-electron chi connectivity index (χ4n) is 3.34. The Morgan fingerprint density at radius 3 is 2.81 bits per heavy atom. The van der Waals surface area contributed by atoms with Gasteiger partial charge in [0.25, 0.3) is 0 Å². The molecule has 1 fully saturated rings. The molecule has 136 valence electrons. The molecule has 1 atom stereocenters. The van der Waals surface area contributed by atoms with Crippen molar-refractivity contribution in [1.82, 2.24) is 19.5 Å². The Labute approximate surface area is 149 Å². The standard InChI is InChI=1S/C17H20FN7O/c1-8(23-16-14(19)15(20)21-7-22-16)17-24-12-3-2-9(18)4-13(12)25(17)10-5-11(26)6-10/h2-4,7-8,10-11,26H,5-6,19H2,1H3,(H3,20,21,22,23)/t8-,10-,11+/m0/s1. The van der Waals surface area contributed by atoms with Gasteiger partial charge in [-0.05, 0) is 38.0 Å². The Hall–Kier alpha value is -2.94. The Morgan fingerprint density at radius 1 is 1.31 bits per heavy atom. The lowest BCUT2D eigenvalue weighted by atomic mass is 9.89. The summed E-state index contributed by atoms with van der Waals surface area (Å²) in [5, 5.41) is 12.9. The number of nitrogens with zero attached hydrogens (tertiary/aromatic N) is 4. The zero-order chi connectivity index (χ0) is 18.4. The van der Waals surface area contributed by atoms with Gasteiger partial charge >= 0.3 is 0 Å². The molecule has 26 heavy (non-hydrogen) atoms. The van der Waals surface area contributed by atoms with Crippen LogP contribution in [0.15, 0.2) is 24.5 Å².